The molecule has 44 heavy (non-hydrogen) atoms. The molecule has 218 valence electrons. The number of rotatable bonds is 4. The van der Waals surface area contributed by atoms with Crippen LogP contribution in [0.5, 0.6) is 0 Å². The summed E-state index contributed by atoms with van der Waals surface area (Å²) in [5, 5.41) is 5.57. The van der Waals surface area contributed by atoms with Crippen LogP contribution < -0.4 is 10.4 Å². The summed E-state index contributed by atoms with van der Waals surface area (Å²) in [5.41, 5.74) is 11.0. The van der Waals surface area contributed by atoms with E-state index in [-0.39, 0.29) is 5.41 Å². The van der Waals surface area contributed by atoms with Crippen LogP contribution in [0.3, 0.4) is 0 Å². The van der Waals surface area contributed by atoms with E-state index < -0.39 is 20.8 Å². The van der Waals surface area contributed by atoms with Gasteiger partial charge in [0, 0.05) is 0 Å². The van der Waals surface area contributed by atoms with Crippen LogP contribution in [0.2, 0.25) is 0 Å². The monoisotopic (exact) mass is 704 g/mol. The molecule has 0 saturated heterocycles. The van der Waals surface area contributed by atoms with E-state index >= 15 is 0 Å². The maximum absolute atomic E-state index is 4.93. The van der Waals surface area contributed by atoms with E-state index in [0.29, 0.717) is 0 Å². The molecule has 0 nitrogen and oxygen atoms in total. The van der Waals surface area contributed by atoms with Gasteiger partial charge in [0.2, 0.25) is 0 Å². The summed E-state index contributed by atoms with van der Waals surface area (Å²) in [5.74, 6) is 0. The van der Waals surface area contributed by atoms with Crippen LogP contribution in [-0.4, -0.2) is 9.52 Å². The third-order valence-electron chi connectivity index (χ3n) is 7.91. The van der Waals surface area contributed by atoms with Crippen molar-refractivity contribution in [2.24, 2.45) is 0 Å². The Kier molecular flexibility index (Phi) is 11.3. The summed E-state index contributed by atoms with van der Waals surface area (Å²) in [7, 11) is 10.7. The van der Waals surface area contributed by atoms with E-state index in [2.05, 4.69) is 149 Å². The van der Waals surface area contributed by atoms with Gasteiger partial charge in [-0.05, 0) is 28.5 Å². The normalized spacial score (nSPS) is 11.4. The second kappa shape index (κ2) is 15.1. The van der Waals surface area contributed by atoms with E-state index in [9.17, 15) is 0 Å². The Morgan fingerprint density at radius 1 is 0.750 bits per heavy atom. The predicted octanol–water partition coefficient (Wildman–Crippen LogP) is 10.6. The fraction of sp³-hybridized carbons (Fsp3) is 0.175. The third-order valence-corrected chi connectivity index (χ3v) is 9.28. The zero-order valence-corrected chi connectivity index (χ0v) is 30.7. The molecule has 2 radical (unpaired) electrons. The van der Waals surface area contributed by atoms with Gasteiger partial charge in [0.05, 0.1) is 9.52 Å². The largest absolute Gasteiger partial charge is 0.184 e. The first-order valence-corrected chi connectivity index (χ1v) is 22.4. The molecule has 0 atom stereocenters. The standard InChI is InChI=1S/C28H29.C12H7Si.2ClH.Zr/c1-5-11-20-18-22-16-17-26(28(2,3)4)27(25(22)19-20)24-15-10-9-14-23(24)21-12-7-6-8-13-21;1-3-7-11-9(5-1)10-6-2-4-8-12(10)13-11;;;/h6-10,12-19H,5,11H2,1-4H3;1-7H;2*1H;/q2*-1;;;+4/p-2. The smallest absolute Gasteiger partial charge is 0.0920 e. The van der Waals surface area contributed by atoms with Crippen molar-refractivity contribution in [1.29, 1.82) is 0 Å². The first-order chi connectivity index (χ1) is 21.4. The molecule has 0 saturated carbocycles. The van der Waals surface area contributed by atoms with Gasteiger partial charge in [0.25, 0.3) is 0 Å². The van der Waals surface area contributed by atoms with E-state index in [0.717, 1.165) is 15.9 Å². The summed E-state index contributed by atoms with van der Waals surface area (Å²) in [4.78, 5) is 0. The minimum atomic E-state index is -0.826. The molecule has 1 heterocycles. The van der Waals surface area contributed by atoms with Crippen molar-refractivity contribution in [3.63, 3.8) is 0 Å². The Labute approximate surface area is 284 Å². The molecule has 6 aromatic rings. The molecule has 0 amide bonds. The van der Waals surface area contributed by atoms with Crippen LogP contribution in [0.4, 0.5) is 0 Å². The molecule has 4 heteroatoms. The summed E-state index contributed by atoms with van der Waals surface area (Å²) in [6.07, 6.45) is 2.32. The van der Waals surface area contributed by atoms with Gasteiger partial charge in [-0.15, -0.1) is 40.1 Å². The van der Waals surface area contributed by atoms with Gasteiger partial charge in [0.15, 0.2) is 0 Å². The van der Waals surface area contributed by atoms with Crippen LogP contribution in [0.15, 0.2) is 121 Å². The van der Waals surface area contributed by atoms with Gasteiger partial charge in [-0.3, -0.25) is 0 Å². The van der Waals surface area contributed by atoms with Gasteiger partial charge in [0.1, 0.15) is 0 Å². The van der Waals surface area contributed by atoms with Gasteiger partial charge in [-0.2, -0.15) is 35.5 Å². The van der Waals surface area contributed by atoms with Crippen LogP contribution in [0.1, 0.15) is 45.2 Å². The molecule has 0 N–H and O–H groups in total. The second-order valence-electron chi connectivity index (χ2n) is 12.0. The average Bonchev–Trinajstić information content (AvgIpc) is 3.62. The Hall–Kier alpha value is -2.61. The van der Waals surface area contributed by atoms with Gasteiger partial charge < -0.3 is 0 Å². The Morgan fingerprint density at radius 2 is 1.39 bits per heavy atom. The quantitative estimate of drug-likeness (QED) is 0.126. The molecule has 7 rings (SSSR count). The van der Waals surface area contributed by atoms with E-state index in [1.54, 1.807) is 0 Å². The zero-order valence-electron chi connectivity index (χ0n) is 25.7. The van der Waals surface area contributed by atoms with E-state index in [1.165, 1.54) is 72.1 Å². The molecule has 0 bridgehead atoms. The molecule has 0 unspecified atom stereocenters. The Bertz CT molecular complexity index is 1790. The van der Waals surface area contributed by atoms with Crippen molar-refractivity contribution in [2.45, 2.75) is 46.0 Å². The SMILES string of the molecule is CCCc1cc2c(-c3ccccc3-c3ccccc3)c(C(C)(C)C)ccc2[cH-]1.[Cl][Zr+2][Cl].[c-]1cccc2c1[Si]c1ccccc1-2. The first-order valence-electron chi connectivity index (χ1n) is 15.1. The summed E-state index contributed by atoms with van der Waals surface area (Å²) in [6.45, 7) is 9.21. The van der Waals surface area contributed by atoms with Crippen LogP contribution in [0.25, 0.3) is 44.2 Å². The molecular formula is C40H36Cl2SiZr. The topological polar surface area (TPSA) is 0 Å². The second-order valence-corrected chi connectivity index (χ2v) is 17.0. The van der Waals surface area contributed by atoms with Gasteiger partial charge in [-0.1, -0.05) is 135 Å². The van der Waals surface area contributed by atoms with Crippen molar-refractivity contribution in [1.82, 2.24) is 0 Å². The molecule has 1 aliphatic heterocycles. The molecule has 0 aliphatic carbocycles. The molecule has 6 aromatic carbocycles. The van der Waals surface area contributed by atoms with Crippen molar-refractivity contribution in [3.05, 3.63) is 139 Å². The van der Waals surface area contributed by atoms with E-state index in [4.69, 9.17) is 17.0 Å². The Morgan fingerprint density at radius 3 is 2.09 bits per heavy atom. The zero-order chi connectivity index (χ0) is 31.1. The van der Waals surface area contributed by atoms with Crippen LogP contribution in [0, 0.1) is 6.07 Å². The molecular weight excluding hydrogens is 671 g/mol. The molecule has 1 aliphatic rings. The number of benzene rings is 5. The predicted molar refractivity (Wildman–Crippen MR) is 191 cm³/mol. The number of aryl methyl sites for hydroxylation is 1. The molecule has 0 fully saturated rings. The van der Waals surface area contributed by atoms with Crippen molar-refractivity contribution < 1.29 is 20.8 Å². The number of hydrogen-bond acceptors (Lipinski definition) is 0. The van der Waals surface area contributed by atoms with Gasteiger partial charge in [-0.25, -0.2) is 0 Å². The molecule has 0 aromatic heterocycles. The maximum atomic E-state index is 4.93. The number of fused-ring (bicyclic) bond motifs is 4. The average molecular weight is 707 g/mol. The third kappa shape index (κ3) is 7.43. The Balaban J connectivity index is 0.000000198. The fourth-order valence-electron chi connectivity index (χ4n) is 5.99. The number of hydrogen-bond donors (Lipinski definition) is 0. The van der Waals surface area contributed by atoms with Crippen LogP contribution in [-0.2, 0) is 32.7 Å². The van der Waals surface area contributed by atoms with Crippen molar-refractivity contribution >= 4 is 47.7 Å². The summed E-state index contributed by atoms with van der Waals surface area (Å²) in [6, 6.07) is 47.2. The minimum Gasteiger partial charge on any atom is -0.184 e. The minimum absolute atomic E-state index is 0.0789. The van der Waals surface area contributed by atoms with Crippen molar-refractivity contribution in [2.75, 3.05) is 0 Å². The molecule has 0 spiro atoms. The first kappa shape index (κ1) is 32.8. The summed E-state index contributed by atoms with van der Waals surface area (Å²) >= 11 is -0.826. The maximum Gasteiger partial charge on any atom is 0.0920 e. The van der Waals surface area contributed by atoms with E-state index in [1.807, 2.05) is 6.07 Å². The van der Waals surface area contributed by atoms with Gasteiger partial charge >= 0.3 is 37.9 Å². The van der Waals surface area contributed by atoms with Crippen LogP contribution >= 0.6 is 17.0 Å². The summed E-state index contributed by atoms with van der Waals surface area (Å²) < 4.78 is 0. The fourth-order valence-corrected chi connectivity index (χ4v) is 7.30. The number of halogens is 2. The van der Waals surface area contributed by atoms with Crippen molar-refractivity contribution in [3.8, 4) is 33.4 Å².